The van der Waals surface area contributed by atoms with Gasteiger partial charge < -0.3 is 25.0 Å². The number of fused-ring (bicyclic) bond motifs is 10. The second-order valence-corrected chi connectivity index (χ2v) is 18.0. The molecule has 5 aliphatic rings. The lowest BCUT2D eigenvalue weighted by atomic mass is 9.83. The fourth-order valence-electron chi connectivity index (χ4n) is 11.6. The highest BCUT2D eigenvalue weighted by molar-refractivity contribution is 6.10. The lowest BCUT2D eigenvalue weighted by Gasteiger charge is -2.39. The van der Waals surface area contributed by atoms with Crippen molar-refractivity contribution >= 4 is 50.3 Å². The summed E-state index contributed by atoms with van der Waals surface area (Å²) in [5.74, 6) is 0.381. The van der Waals surface area contributed by atoms with Gasteiger partial charge in [0.05, 0.1) is 28.5 Å². The van der Waals surface area contributed by atoms with Crippen LogP contribution in [-0.4, -0.2) is 10.6 Å². The van der Waals surface area contributed by atoms with Crippen LogP contribution in [0, 0.1) is 0 Å². The van der Waals surface area contributed by atoms with E-state index >= 15 is 0 Å². The third-order valence-electron chi connectivity index (χ3n) is 14.4. The number of hydrogen-bond acceptors (Lipinski definition) is 3. The van der Waals surface area contributed by atoms with Crippen molar-refractivity contribution in [2.45, 2.75) is 42.9 Å². The number of nitrogens with zero attached hydrogens (tertiary/aromatic N) is 3. The summed E-state index contributed by atoms with van der Waals surface area (Å²) < 4.78 is 2.45. The Morgan fingerprint density at radius 2 is 1.30 bits per heavy atom. The second kappa shape index (κ2) is 14.5. The minimum absolute atomic E-state index is 0.0243. The van der Waals surface area contributed by atoms with Gasteiger partial charge in [0.1, 0.15) is 6.04 Å². The van der Waals surface area contributed by atoms with E-state index in [-0.39, 0.29) is 23.9 Å². The van der Waals surface area contributed by atoms with Crippen LogP contribution in [0.2, 0.25) is 0 Å². The molecular weight excluding hydrogens is 779 g/mol. The van der Waals surface area contributed by atoms with Gasteiger partial charge in [-0.2, -0.15) is 0 Å². The quantitative estimate of drug-likeness (QED) is 0.175. The van der Waals surface area contributed by atoms with Crippen LogP contribution < -0.4 is 20.4 Å². The molecule has 64 heavy (non-hydrogen) atoms. The fraction of sp³-hybridized carbons (Fsp3) is 0.119. The highest BCUT2D eigenvalue weighted by atomic mass is 15.3. The molecule has 1 aromatic heterocycles. The maximum atomic E-state index is 4.04. The largest absolute Gasteiger partial charge is 0.333 e. The Kier molecular flexibility index (Phi) is 8.37. The van der Waals surface area contributed by atoms with E-state index in [9.17, 15) is 0 Å². The minimum atomic E-state index is -0.448. The summed E-state index contributed by atoms with van der Waals surface area (Å²) in [6.45, 7) is 2.35. The van der Waals surface area contributed by atoms with Crippen molar-refractivity contribution in [2.24, 2.45) is 0 Å². The first-order valence-electron chi connectivity index (χ1n) is 22.8. The Morgan fingerprint density at radius 3 is 2.09 bits per heavy atom. The molecule has 3 aliphatic heterocycles. The molecule has 0 bridgehead atoms. The number of hydrogen-bond donors (Lipinski definition) is 2. The summed E-state index contributed by atoms with van der Waals surface area (Å²) in [5.41, 5.74) is 17.3. The number of allylic oxidation sites excluding steroid dienone is 6. The molecule has 2 aliphatic carbocycles. The summed E-state index contributed by atoms with van der Waals surface area (Å²) in [5, 5.41) is 9.12. The molecule has 3 N–H and O–H groups in total. The molecule has 5 atom stereocenters. The monoisotopic (exact) mass is 826 g/mol. The number of quaternary nitrogens is 1. The van der Waals surface area contributed by atoms with Crippen LogP contribution in [0.3, 0.4) is 0 Å². The molecule has 13 rings (SSSR count). The standard InChI is InChI=1S/C59H47N5/c1-59(40-22-8-3-9-23-40)60-50(39-20-6-2-7-21-39)38-51(61-59)49-37-48-45-29-15-18-32-53(45)63(42-26-12-5-13-27-42)57(48)56-47-30-16-19-33-54(47)64(58(49)56)43-34-35-46-44-28-14-17-31-52(44)62(55(46)36-43)41-24-10-4-11-25-41/h2-29,31-38,45,47,51,53,60-61H,30H2,1H3/p+1. The van der Waals surface area contributed by atoms with Gasteiger partial charge in [0, 0.05) is 80.8 Å². The Balaban J connectivity index is 1.11. The van der Waals surface area contributed by atoms with E-state index in [0.29, 0.717) is 0 Å². The van der Waals surface area contributed by atoms with Gasteiger partial charge in [0.25, 0.3) is 0 Å². The Bertz CT molecular complexity index is 3290. The van der Waals surface area contributed by atoms with Crippen LogP contribution in [-0.2, 0) is 5.66 Å². The average Bonchev–Trinajstić information content (AvgIpc) is 4.00. The molecule has 7 aromatic carbocycles. The number of benzene rings is 7. The molecule has 5 nitrogen and oxygen atoms in total. The third kappa shape index (κ3) is 5.60. The van der Waals surface area contributed by atoms with Gasteiger partial charge in [-0.05, 0) is 72.2 Å². The van der Waals surface area contributed by atoms with Crippen molar-refractivity contribution in [3.8, 4) is 5.69 Å². The molecule has 5 heteroatoms. The van der Waals surface area contributed by atoms with Gasteiger partial charge in [-0.25, -0.2) is 0 Å². The van der Waals surface area contributed by atoms with E-state index in [0.717, 1.165) is 17.8 Å². The van der Waals surface area contributed by atoms with Gasteiger partial charge in [-0.15, -0.1) is 0 Å². The van der Waals surface area contributed by atoms with E-state index in [1.54, 1.807) is 0 Å². The van der Waals surface area contributed by atoms with Gasteiger partial charge in [0.15, 0.2) is 5.66 Å². The molecule has 0 saturated carbocycles. The lowest BCUT2D eigenvalue weighted by molar-refractivity contribution is -0.767. The maximum absolute atomic E-state index is 4.04. The van der Waals surface area contributed by atoms with Crippen molar-refractivity contribution < 1.29 is 5.32 Å². The zero-order chi connectivity index (χ0) is 42.4. The van der Waals surface area contributed by atoms with Crippen LogP contribution in [0.25, 0.3) is 33.2 Å². The van der Waals surface area contributed by atoms with Crippen molar-refractivity contribution in [3.63, 3.8) is 0 Å². The second-order valence-electron chi connectivity index (χ2n) is 18.0. The average molecular weight is 827 g/mol. The Hall–Kier alpha value is -7.60. The summed E-state index contributed by atoms with van der Waals surface area (Å²) in [6, 6.07) is 62.6. The summed E-state index contributed by atoms with van der Waals surface area (Å²) >= 11 is 0. The van der Waals surface area contributed by atoms with Gasteiger partial charge in [0.2, 0.25) is 0 Å². The highest BCUT2D eigenvalue weighted by Gasteiger charge is 2.49. The molecule has 0 spiro atoms. The molecule has 308 valence electrons. The first-order valence-corrected chi connectivity index (χ1v) is 22.8. The lowest BCUT2D eigenvalue weighted by Crippen LogP contribution is -2.99. The fourth-order valence-corrected chi connectivity index (χ4v) is 11.6. The molecule has 0 amide bonds. The molecule has 4 heterocycles. The van der Waals surface area contributed by atoms with E-state index < -0.39 is 5.66 Å². The molecule has 5 unspecified atom stereocenters. The minimum Gasteiger partial charge on any atom is -0.333 e. The normalized spacial score (nSPS) is 22.8. The molecule has 0 saturated heterocycles. The number of nitrogens with one attached hydrogen (secondary N) is 1. The number of nitrogens with two attached hydrogens (primary N) is 1. The predicted molar refractivity (Wildman–Crippen MR) is 263 cm³/mol. The predicted octanol–water partition coefficient (Wildman–Crippen LogP) is 12.7. The van der Waals surface area contributed by atoms with E-state index in [2.05, 4.69) is 250 Å². The number of aromatic nitrogens is 1. The summed E-state index contributed by atoms with van der Waals surface area (Å²) in [7, 11) is 0. The Labute approximate surface area is 374 Å². The van der Waals surface area contributed by atoms with Gasteiger partial charge in [-0.1, -0.05) is 158 Å². The van der Waals surface area contributed by atoms with E-state index in [4.69, 9.17) is 0 Å². The van der Waals surface area contributed by atoms with Crippen molar-refractivity contribution in [2.75, 3.05) is 9.80 Å². The van der Waals surface area contributed by atoms with Crippen LogP contribution in [0.15, 0.2) is 224 Å². The molecule has 0 radical (unpaired) electrons. The van der Waals surface area contributed by atoms with E-state index in [1.165, 1.54) is 78.1 Å². The van der Waals surface area contributed by atoms with Crippen LogP contribution in [0.5, 0.6) is 0 Å². The topological polar surface area (TPSA) is 40.0 Å². The number of anilines is 4. The zero-order valence-electron chi connectivity index (χ0n) is 35.7. The van der Waals surface area contributed by atoms with Crippen molar-refractivity contribution in [1.82, 2.24) is 9.88 Å². The van der Waals surface area contributed by atoms with E-state index in [1.807, 2.05) is 0 Å². The highest BCUT2D eigenvalue weighted by Crippen LogP contribution is 2.62. The maximum Gasteiger partial charge on any atom is 0.193 e. The third-order valence-corrected chi connectivity index (χ3v) is 14.4. The van der Waals surface area contributed by atoms with Crippen molar-refractivity contribution in [3.05, 3.63) is 252 Å². The molecule has 0 fully saturated rings. The number of para-hydroxylation sites is 3. The first-order chi connectivity index (χ1) is 31.6. The number of rotatable bonds is 6. The molecular formula is C59H48N5+. The van der Waals surface area contributed by atoms with Crippen LogP contribution in [0.4, 0.5) is 22.7 Å². The summed E-state index contributed by atoms with van der Waals surface area (Å²) in [4.78, 5) is 5.30. The van der Waals surface area contributed by atoms with Gasteiger partial charge >= 0.3 is 0 Å². The van der Waals surface area contributed by atoms with Crippen LogP contribution in [0.1, 0.15) is 59.0 Å². The van der Waals surface area contributed by atoms with Crippen molar-refractivity contribution in [1.29, 1.82) is 0 Å². The Morgan fingerprint density at radius 1 is 0.609 bits per heavy atom. The SMILES string of the molecule is CC1(c2ccccc2)NC(c2ccccc2)=CC(c2cc3c(c4c2N(c2ccc5c6ccccc6n(-c6ccccc6)c5c2)C2=CC=CCC24)N(c2ccccc2)C2C=CC=CC32)[NH2+]1. The van der Waals surface area contributed by atoms with Crippen LogP contribution >= 0.6 is 0 Å². The van der Waals surface area contributed by atoms with Gasteiger partial charge in [-0.3, -0.25) is 0 Å². The zero-order valence-corrected chi connectivity index (χ0v) is 35.7. The first kappa shape index (κ1) is 37.0. The molecule has 8 aromatic rings. The smallest absolute Gasteiger partial charge is 0.193 e. The summed E-state index contributed by atoms with van der Waals surface area (Å²) in [6.07, 6.45) is 19.8.